The van der Waals surface area contributed by atoms with Crippen LogP contribution in [0.5, 0.6) is 11.8 Å². The molecular formula is C33H30F3N5O2. The third-order valence-electron chi connectivity index (χ3n) is 8.92. The third kappa shape index (κ3) is 4.72. The average Bonchev–Trinajstić information content (AvgIpc) is 3.37. The second kappa shape index (κ2) is 10.7. The Kier molecular flexibility index (Phi) is 6.85. The standard InChI is InChI=1S/C33H30F3N5O2/c1-2-23-26(35)9-8-20-14-22(42)15-24(27(20)23)29-28(36)30-25(17-37-29)31(40-11-5-3-4-6-12-40)39-32(38-30)43-19-33-10-7-13-41(33)18-21(34)16-33/h1,3,5,8-9,14-15,17,21,42H,4,6-7,10-13,16,18-19H2/t21-,33+/m1/s1. The Morgan fingerprint density at radius 3 is 2.88 bits per heavy atom. The van der Waals surface area contributed by atoms with Gasteiger partial charge in [-0.15, -0.1) is 6.42 Å². The molecule has 3 aliphatic heterocycles. The van der Waals surface area contributed by atoms with Crippen LogP contribution in [0.4, 0.5) is 19.0 Å². The van der Waals surface area contributed by atoms with Crippen LogP contribution in [0.3, 0.4) is 0 Å². The number of ether oxygens (including phenoxy) is 1. The van der Waals surface area contributed by atoms with Crippen molar-refractivity contribution in [1.82, 2.24) is 19.9 Å². The maximum absolute atomic E-state index is 16.6. The fraction of sp³-hybridized carbons (Fsp3) is 0.364. The number of fused-ring (bicyclic) bond motifs is 3. The van der Waals surface area contributed by atoms with E-state index in [1.165, 1.54) is 30.5 Å². The Labute approximate surface area is 247 Å². The van der Waals surface area contributed by atoms with Crippen LogP contribution in [0.15, 0.2) is 42.6 Å². The maximum atomic E-state index is 16.6. The molecule has 2 fully saturated rings. The van der Waals surface area contributed by atoms with Crippen molar-refractivity contribution in [1.29, 1.82) is 0 Å². The minimum Gasteiger partial charge on any atom is -0.508 e. The molecule has 10 heteroatoms. The molecule has 220 valence electrons. The molecule has 0 radical (unpaired) electrons. The number of benzene rings is 2. The molecule has 7 rings (SSSR count). The zero-order chi connectivity index (χ0) is 29.7. The number of alkyl halides is 1. The summed E-state index contributed by atoms with van der Waals surface area (Å²) in [7, 11) is 0. The Bertz CT molecular complexity index is 1820. The van der Waals surface area contributed by atoms with Crippen molar-refractivity contribution < 1.29 is 23.0 Å². The summed E-state index contributed by atoms with van der Waals surface area (Å²) in [5.41, 5.74) is -0.507. The topological polar surface area (TPSA) is 74.6 Å². The second-order valence-electron chi connectivity index (χ2n) is 11.6. The number of aromatic nitrogens is 3. The van der Waals surface area contributed by atoms with Gasteiger partial charge in [0.2, 0.25) is 0 Å². The van der Waals surface area contributed by atoms with Crippen molar-refractivity contribution in [2.24, 2.45) is 0 Å². The first-order valence-corrected chi connectivity index (χ1v) is 14.6. The van der Waals surface area contributed by atoms with Crippen LogP contribution in [0.2, 0.25) is 0 Å². The van der Waals surface area contributed by atoms with E-state index in [0.29, 0.717) is 42.6 Å². The van der Waals surface area contributed by atoms with E-state index < -0.39 is 23.3 Å². The van der Waals surface area contributed by atoms with Crippen LogP contribution in [0.25, 0.3) is 32.9 Å². The summed E-state index contributed by atoms with van der Waals surface area (Å²) in [5, 5.41) is 11.6. The van der Waals surface area contributed by atoms with E-state index >= 15 is 4.39 Å². The second-order valence-corrected chi connectivity index (χ2v) is 11.6. The SMILES string of the molecule is C#Cc1c(F)ccc2cc(O)cc(-c3ncc4c(N5CC=CCCC5)nc(OC[C@@]56CCCN5C[C@H](F)C6)nc4c3F)c12. The zero-order valence-electron chi connectivity index (χ0n) is 23.5. The number of anilines is 1. The molecule has 3 aliphatic rings. The summed E-state index contributed by atoms with van der Waals surface area (Å²) in [4.78, 5) is 17.9. The number of phenols is 1. The Morgan fingerprint density at radius 1 is 1.14 bits per heavy atom. The van der Waals surface area contributed by atoms with E-state index in [2.05, 4.69) is 26.9 Å². The first-order chi connectivity index (χ1) is 20.9. The van der Waals surface area contributed by atoms with E-state index in [1.54, 1.807) is 0 Å². The van der Waals surface area contributed by atoms with Gasteiger partial charge < -0.3 is 14.7 Å². The van der Waals surface area contributed by atoms with Crippen molar-refractivity contribution in [3.8, 4) is 35.4 Å². The Morgan fingerprint density at radius 2 is 2.02 bits per heavy atom. The predicted octanol–water partition coefficient (Wildman–Crippen LogP) is 5.92. The van der Waals surface area contributed by atoms with E-state index in [9.17, 15) is 13.9 Å². The van der Waals surface area contributed by atoms with Crippen LogP contribution in [-0.2, 0) is 0 Å². The summed E-state index contributed by atoms with van der Waals surface area (Å²) in [5.74, 6) is 1.28. The van der Waals surface area contributed by atoms with Gasteiger partial charge in [0.1, 0.15) is 41.4 Å². The number of pyridine rings is 1. The maximum Gasteiger partial charge on any atom is 0.319 e. The number of nitrogens with zero attached hydrogens (tertiary/aromatic N) is 5. The molecule has 43 heavy (non-hydrogen) atoms. The Hall–Kier alpha value is -4.36. The van der Waals surface area contributed by atoms with Gasteiger partial charge in [0.15, 0.2) is 5.82 Å². The van der Waals surface area contributed by atoms with E-state index in [-0.39, 0.29) is 46.1 Å². The highest BCUT2D eigenvalue weighted by Gasteiger charge is 2.49. The largest absolute Gasteiger partial charge is 0.508 e. The predicted molar refractivity (Wildman–Crippen MR) is 159 cm³/mol. The zero-order valence-corrected chi connectivity index (χ0v) is 23.5. The molecule has 5 heterocycles. The lowest BCUT2D eigenvalue weighted by atomic mass is 9.95. The fourth-order valence-corrected chi connectivity index (χ4v) is 6.92. The highest BCUT2D eigenvalue weighted by Crippen LogP contribution is 2.41. The fourth-order valence-electron chi connectivity index (χ4n) is 6.92. The van der Waals surface area contributed by atoms with Crippen LogP contribution < -0.4 is 9.64 Å². The summed E-state index contributed by atoms with van der Waals surface area (Å²) in [6.07, 6.45) is 14.3. The van der Waals surface area contributed by atoms with E-state index in [0.717, 1.165) is 32.2 Å². The van der Waals surface area contributed by atoms with Gasteiger partial charge in [-0.3, -0.25) is 9.88 Å². The van der Waals surface area contributed by atoms with Gasteiger partial charge >= 0.3 is 6.01 Å². The highest BCUT2D eigenvalue weighted by atomic mass is 19.1. The average molecular weight is 586 g/mol. The van der Waals surface area contributed by atoms with Crippen molar-refractivity contribution in [2.45, 2.75) is 43.8 Å². The van der Waals surface area contributed by atoms with Crippen molar-refractivity contribution in [3.63, 3.8) is 0 Å². The van der Waals surface area contributed by atoms with Crippen LogP contribution >= 0.6 is 0 Å². The van der Waals surface area contributed by atoms with Gasteiger partial charge in [0.25, 0.3) is 0 Å². The number of terminal acetylenes is 1. The molecule has 1 N–H and O–H groups in total. The van der Waals surface area contributed by atoms with E-state index in [1.807, 2.05) is 11.0 Å². The van der Waals surface area contributed by atoms with Crippen molar-refractivity contribution in [3.05, 3.63) is 59.8 Å². The summed E-state index contributed by atoms with van der Waals surface area (Å²) >= 11 is 0. The molecular weight excluding hydrogens is 555 g/mol. The number of halogens is 3. The molecule has 0 saturated carbocycles. The highest BCUT2D eigenvalue weighted by molar-refractivity contribution is 6.03. The monoisotopic (exact) mass is 585 g/mol. The minimum atomic E-state index is -0.915. The normalized spacial score (nSPS) is 22.2. The first kappa shape index (κ1) is 27.5. The minimum absolute atomic E-state index is 0.00793. The molecule has 7 nitrogen and oxygen atoms in total. The van der Waals surface area contributed by atoms with Crippen LogP contribution in [-0.4, -0.2) is 69.5 Å². The molecule has 2 saturated heterocycles. The number of hydrogen-bond donors (Lipinski definition) is 1. The van der Waals surface area contributed by atoms with Gasteiger partial charge in [0, 0.05) is 43.2 Å². The molecule has 0 unspecified atom stereocenters. The molecule has 0 bridgehead atoms. The smallest absolute Gasteiger partial charge is 0.319 e. The quantitative estimate of drug-likeness (QED) is 0.230. The number of aromatic hydroxyl groups is 1. The third-order valence-corrected chi connectivity index (χ3v) is 8.92. The van der Waals surface area contributed by atoms with Gasteiger partial charge in [-0.1, -0.05) is 24.1 Å². The van der Waals surface area contributed by atoms with Gasteiger partial charge in [0.05, 0.1) is 16.5 Å². The number of rotatable bonds is 5. The lowest BCUT2D eigenvalue weighted by Crippen LogP contribution is -2.43. The summed E-state index contributed by atoms with van der Waals surface area (Å²) < 4.78 is 52.0. The van der Waals surface area contributed by atoms with Crippen LogP contribution in [0, 0.1) is 24.0 Å². The number of hydrogen-bond acceptors (Lipinski definition) is 7. The van der Waals surface area contributed by atoms with Crippen molar-refractivity contribution >= 4 is 27.5 Å². The number of allylic oxidation sites excluding steroid dienone is 1. The Balaban J connectivity index is 1.38. The molecule has 2 atom stereocenters. The van der Waals surface area contributed by atoms with Gasteiger partial charge in [-0.25, -0.2) is 13.2 Å². The van der Waals surface area contributed by atoms with Gasteiger partial charge in [-0.05, 0) is 55.8 Å². The molecule has 4 aromatic rings. The lowest BCUT2D eigenvalue weighted by molar-refractivity contribution is 0.107. The lowest BCUT2D eigenvalue weighted by Gasteiger charge is -2.31. The molecule has 2 aromatic carbocycles. The summed E-state index contributed by atoms with van der Waals surface area (Å²) in [6.45, 7) is 2.65. The van der Waals surface area contributed by atoms with Crippen LogP contribution in [0.1, 0.15) is 37.7 Å². The molecule has 0 spiro atoms. The van der Waals surface area contributed by atoms with E-state index in [4.69, 9.17) is 16.1 Å². The molecule has 0 aliphatic carbocycles. The first-order valence-electron chi connectivity index (χ1n) is 14.6. The van der Waals surface area contributed by atoms with Gasteiger partial charge in [-0.2, -0.15) is 9.97 Å². The summed E-state index contributed by atoms with van der Waals surface area (Å²) in [6, 6.07) is 5.44. The number of phenolic OH excluding ortho intramolecular Hbond substituents is 1. The van der Waals surface area contributed by atoms with Crippen molar-refractivity contribution in [2.75, 3.05) is 37.7 Å². The molecule has 0 amide bonds. The molecule has 2 aromatic heterocycles.